The molecule has 4 rings (SSSR count). The van der Waals surface area contributed by atoms with Crippen LogP contribution < -0.4 is 15.8 Å². The van der Waals surface area contributed by atoms with Crippen molar-refractivity contribution in [2.75, 3.05) is 20.2 Å². The Morgan fingerprint density at radius 1 is 1.26 bits per heavy atom. The summed E-state index contributed by atoms with van der Waals surface area (Å²) in [6, 6.07) is 4.31. The zero-order valence-electron chi connectivity index (χ0n) is 19.3. The van der Waals surface area contributed by atoms with Crippen LogP contribution in [0.25, 0.3) is 22.4 Å². The molecule has 1 unspecified atom stereocenters. The number of carbonyl (C=O) groups excluding carboxylic acids is 2. The van der Waals surface area contributed by atoms with E-state index in [4.69, 9.17) is 14.9 Å². The van der Waals surface area contributed by atoms with Crippen LogP contribution in [0, 0.1) is 0 Å². The molecule has 12 heteroatoms. The quantitative estimate of drug-likeness (QED) is 0.561. The number of aromatic nitrogens is 2. The minimum atomic E-state index is -4.63. The maximum Gasteiger partial charge on any atom is 0.433 e. The highest BCUT2D eigenvalue weighted by molar-refractivity contribution is 5.98. The van der Waals surface area contributed by atoms with Crippen LogP contribution in [0.2, 0.25) is 0 Å². The summed E-state index contributed by atoms with van der Waals surface area (Å²) in [6.07, 6.45) is -4.04. The first-order chi connectivity index (χ1) is 16.5. The van der Waals surface area contributed by atoms with Gasteiger partial charge in [-0.05, 0) is 37.6 Å². The van der Waals surface area contributed by atoms with Crippen LogP contribution in [0.5, 0.6) is 5.75 Å². The fraction of sp³-hybridized carbons (Fsp3) is 0.391. The molecular formula is C23H24F3N5O4. The van der Waals surface area contributed by atoms with Crippen LogP contribution in [0.15, 0.2) is 28.7 Å². The van der Waals surface area contributed by atoms with Gasteiger partial charge < -0.3 is 25.1 Å². The SMILES string of the molecule is COc1ccc(-c2nc(C(=O)N3CC[C@H](NC(C)=O)C3)c(C(C)N)o2)c2ccc(C(F)(F)F)nc12. The van der Waals surface area contributed by atoms with E-state index in [1.54, 1.807) is 17.9 Å². The van der Waals surface area contributed by atoms with Crippen LogP contribution in [0.4, 0.5) is 13.2 Å². The van der Waals surface area contributed by atoms with Crippen molar-refractivity contribution in [1.82, 2.24) is 20.2 Å². The third-order valence-electron chi connectivity index (χ3n) is 5.71. The van der Waals surface area contributed by atoms with Gasteiger partial charge in [0.25, 0.3) is 5.91 Å². The van der Waals surface area contributed by atoms with Gasteiger partial charge in [0.2, 0.25) is 11.8 Å². The molecule has 0 radical (unpaired) electrons. The van der Waals surface area contributed by atoms with E-state index in [2.05, 4.69) is 15.3 Å². The standard InChI is InChI=1S/C23H24F3N5O4/c1-11(27)20-19(22(33)31-9-8-13(10-31)28-12(2)32)30-21(35-20)15-4-6-16(34-3)18-14(15)5-7-17(29-18)23(24,25)26/h4-7,11,13H,8-10,27H2,1-3H3,(H,28,32)/t11?,13-/m0/s1. The number of hydrogen-bond donors (Lipinski definition) is 2. The number of fused-ring (bicyclic) bond motifs is 1. The Morgan fingerprint density at radius 3 is 2.63 bits per heavy atom. The van der Waals surface area contributed by atoms with Gasteiger partial charge in [-0.25, -0.2) is 9.97 Å². The molecule has 3 heterocycles. The molecule has 186 valence electrons. The first-order valence-electron chi connectivity index (χ1n) is 10.9. The van der Waals surface area contributed by atoms with E-state index in [1.165, 1.54) is 26.2 Å². The number of rotatable bonds is 5. The maximum atomic E-state index is 13.2. The van der Waals surface area contributed by atoms with Gasteiger partial charge in [-0.3, -0.25) is 9.59 Å². The molecule has 1 aliphatic rings. The molecule has 2 atom stereocenters. The Kier molecular flexibility index (Phi) is 6.41. The van der Waals surface area contributed by atoms with Gasteiger partial charge in [-0.1, -0.05) is 0 Å². The van der Waals surface area contributed by atoms with E-state index in [9.17, 15) is 22.8 Å². The lowest BCUT2D eigenvalue weighted by Crippen LogP contribution is -2.37. The molecule has 1 saturated heterocycles. The average Bonchev–Trinajstić information content (AvgIpc) is 3.44. The number of carbonyl (C=O) groups is 2. The van der Waals surface area contributed by atoms with Crippen molar-refractivity contribution in [2.45, 2.75) is 38.5 Å². The molecule has 0 saturated carbocycles. The molecule has 0 bridgehead atoms. The third-order valence-corrected chi connectivity index (χ3v) is 5.71. The van der Waals surface area contributed by atoms with Crippen molar-refractivity contribution in [3.8, 4) is 17.2 Å². The fourth-order valence-electron chi connectivity index (χ4n) is 4.11. The molecule has 9 nitrogen and oxygen atoms in total. The second-order valence-electron chi connectivity index (χ2n) is 8.36. The first kappa shape index (κ1) is 24.5. The summed E-state index contributed by atoms with van der Waals surface area (Å²) in [6.45, 7) is 3.78. The van der Waals surface area contributed by atoms with E-state index in [-0.39, 0.29) is 40.6 Å². The molecule has 35 heavy (non-hydrogen) atoms. The summed E-state index contributed by atoms with van der Waals surface area (Å²) in [7, 11) is 1.33. The molecule has 1 aromatic carbocycles. The monoisotopic (exact) mass is 491 g/mol. The minimum Gasteiger partial charge on any atom is -0.494 e. The Hall–Kier alpha value is -3.67. The summed E-state index contributed by atoms with van der Waals surface area (Å²) in [5, 5.41) is 3.10. The molecule has 1 aliphatic heterocycles. The smallest absolute Gasteiger partial charge is 0.433 e. The number of benzene rings is 1. The second kappa shape index (κ2) is 9.17. The minimum absolute atomic E-state index is 0.0160. The summed E-state index contributed by atoms with van der Waals surface area (Å²) in [5.41, 5.74) is 5.30. The zero-order chi connectivity index (χ0) is 25.5. The van der Waals surface area contributed by atoms with E-state index >= 15 is 0 Å². The second-order valence-corrected chi connectivity index (χ2v) is 8.36. The topological polar surface area (TPSA) is 124 Å². The number of methoxy groups -OCH3 is 1. The number of amides is 2. The zero-order valence-corrected chi connectivity index (χ0v) is 19.3. The molecule has 0 spiro atoms. The number of alkyl halides is 3. The largest absolute Gasteiger partial charge is 0.494 e. The van der Waals surface area contributed by atoms with Crippen LogP contribution in [-0.2, 0) is 11.0 Å². The van der Waals surface area contributed by atoms with Crippen molar-refractivity contribution in [2.24, 2.45) is 5.73 Å². The number of hydrogen-bond acceptors (Lipinski definition) is 7. The highest BCUT2D eigenvalue weighted by atomic mass is 19.4. The van der Waals surface area contributed by atoms with Crippen molar-refractivity contribution in [3.05, 3.63) is 41.4 Å². The van der Waals surface area contributed by atoms with Crippen molar-refractivity contribution < 1.29 is 31.9 Å². The molecule has 2 aromatic heterocycles. The predicted molar refractivity (Wildman–Crippen MR) is 120 cm³/mol. The normalized spacial score (nSPS) is 17.0. The van der Waals surface area contributed by atoms with E-state index in [0.717, 1.165) is 6.07 Å². The molecule has 0 aliphatic carbocycles. The Bertz CT molecular complexity index is 1290. The summed E-state index contributed by atoms with van der Waals surface area (Å²) >= 11 is 0. The van der Waals surface area contributed by atoms with E-state index < -0.39 is 23.8 Å². The van der Waals surface area contributed by atoms with Crippen molar-refractivity contribution >= 4 is 22.7 Å². The van der Waals surface area contributed by atoms with Crippen LogP contribution >= 0.6 is 0 Å². The number of ether oxygens (including phenoxy) is 1. The van der Waals surface area contributed by atoms with E-state index in [0.29, 0.717) is 30.5 Å². The molecule has 1 fully saturated rings. The lowest BCUT2D eigenvalue weighted by Gasteiger charge is -2.16. The van der Waals surface area contributed by atoms with Gasteiger partial charge in [0.1, 0.15) is 17.0 Å². The highest BCUT2D eigenvalue weighted by Gasteiger charge is 2.34. The number of oxazole rings is 1. The summed E-state index contributed by atoms with van der Waals surface area (Å²) in [5.74, 6) is -0.274. The first-order valence-corrected chi connectivity index (χ1v) is 10.9. The average molecular weight is 491 g/mol. The third kappa shape index (κ3) is 4.78. The van der Waals surface area contributed by atoms with Crippen molar-refractivity contribution in [3.63, 3.8) is 0 Å². The number of nitrogens with two attached hydrogens (primary N) is 1. The van der Waals surface area contributed by atoms with Crippen LogP contribution in [-0.4, -0.2) is 52.9 Å². The Balaban J connectivity index is 1.76. The fourth-order valence-corrected chi connectivity index (χ4v) is 4.11. The number of likely N-dealkylation sites (tertiary alicyclic amines) is 1. The van der Waals surface area contributed by atoms with E-state index in [1.807, 2.05) is 0 Å². The van der Waals surface area contributed by atoms with Crippen molar-refractivity contribution in [1.29, 1.82) is 0 Å². The highest BCUT2D eigenvalue weighted by Crippen LogP contribution is 2.37. The number of nitrogens with one attached hydrogen (secondary N) is 1. The van der Waals surface area contributed by atoms with Crippen LogP contribution in [0.1, 0.15) is 48.3 Å². The molecule has 2 amide bonds. The lowest BCUT2D eigenvalue weighted by molar-refractivity contribution is -0.141. The van der Waals surface area contributed by atoms with Crippen LogP contribution in [0.3, 0.4) is 0 Å². The maximum absolute atomic E-state index is 13.2. The van der Waals surface area contributed by atoms with Gasteiger partial charge in [0.05, 0.1) is 13.2 Å². The number of pyridine rings is 1. The van der Waals surface area contributed by atoms with Gasteiger partial charge in [-0.15, -0.1) is 0 Å². The van der Waals surface area contributed by atoms with Gasteiger partial charge in [0, 0.05) is 37.0 Å². The van der Waals surface area contributed by atoms with Gasteiger partial charge in [0.15, 0.2) is 11.5 Å². The Morgan fingerprint density at radius 2 is 2.00 bits per heavy atom. The number of nitrogens with zero attached hydrogens (tertiary/aromatic N) is 3. The summed E-state index contributed by atoms with van der Waals surface area (Å²) < 4.78 is 50.8. The number of halogens is 3. The molecule has 3 aromatic rings. The lowest BCUT2D eigenvalue weighted by atomic mass is 10.1. The van der Waals surface area contributed by atoms with Gasteiger partial charge in [-0.2, -0.15) is 13.2 Å². The summed E-state index contributed by atoms with van der Waals surface area (Å²) in [4.78, 5) is 34.3. The van der Waals surface area contributed by atoms with Gasteiger partial charge >= 0.3 is 6.18 Å². The predicted octanol–water partition coefficient (Wildman–Crippen LogP) is 3.29. The Labute approximate surface area is 198 Å². The molecule has 3 N–H and O–H groups in total. The molecular weight excluding hydrogens is 467 g/mol.